The zero-order chi connectivity index (χ0) is 11.7. The quantitative estimate of drug-likeness (QED) is 0.786. The Morgan fingerprint density at radius 1 is 1.29 bits per heavy atom. The van der Waals surface area contributed by atoms with E-state index in [0.29, 0.717) is 6.04 Å². The smallest absolute Gasteiger partial charge is 0.0772 e. The van der Waals surface area contributed by atoms with Gasteiger partial charge >= 0.3 is 0 Å². The van der Waals surface area contributed by atoms with Crippen LogP contribution in [0.1, 0.15) is 11.6 Å². The SMILES string of the molecule is Cc1cnn(C2CN(CCn3cccn3)C2)c1. The van der Waals surface area contributed by atoms with Crippen LogP contribution >= 0.6 is 0 Å². The molecular formula is C12H17N5. The van der Waals surface area contributed by atoms with E-state index in [1.165, 1.54) is 5.56 Å². The average Bonchev–Trinajstić information content (AvgIpc) is 2.87. The molecule has 2 aromatic heterocycles. The summed E-state index contributed by atoms with van der Waals surface area (Å²) in [4.78, 5) is 2.43. The summed E-state index contributed by atoms with van der Waals surface area (Å²) in [6.45, 7) is 6.32. The highest BCUT2D eigenvalue weighted by Gasteiger charge is 2.27. The van der Waals surface area contributed by atoms with E-state index in [4.69, 9.17) is 0 Å². The van der Waals surface area contributed by atoms with Gasteiger partial charge in [-0.2, -0.15) is 10.2 Å². The lowest BCUT2D eigenvalue weighted by molar-refractivity contribution is 0.0934. The fraction of sp³-hybridized carbons (Fsp3) is 0.500. The van der Waals surface area contributed by atoms with Gasteiger partial charge in [0.15, 0.2) is 0 Å². The minimum absolute atomic E-state index is 0.557. The predicted molar refractivity (Wildman–Crippen MR) is 64.7 cm³/mol. The first-order valence-corrected chi connectivity index (χ1v) is 6.02. The Hall–Kier alpha value is -1.62. The van der Waals surface area contributed by atoms with Crippen molar-refractivity contribution in [2.45, 2.75) is 19.5 Å². The molecule has 17 heavy (non-hydrogen) atoms. The largest absolute Gasteiger partial charge is 0.297 e. The molecule has 0 radical (unpaired) electrons. The van der Waals surface area contributed by atoms with Crippen LogP contribution < -0.4 is 0 Å². The van der Waals surface area contributed by atoms with Gasteiger partial charge < -0.3 is 0 Å². The van der Waals surface area contributed by atoms with Gasteiger partial charge in [0.2, 0.25) is 0 Å². The van der Waals surface area contributed by atoms with Gasteiger partial charge in [-0.3, -0.25) is 14.3 Å². The molecule has 0 N–H and O–H groups in total. The zero-order valence-electron chi connectivity index (χ0n) is 10.0. The van der Waals surface area contributed by atoms with Crippen LogP contribution in [0.2, 0.25) is 0 Å². The van der Waals surface area contributed by atoms with Crippen LogP contribution in [0, 0.1) is 6.92 Å². The maximum absolute atomic E-state index is 4.35. The van der Waals surface area contributed by atoms with E-state index in [-0.39, 0.29) is 0 Å². The number of hydrogen-bond donors (Lipinski definition) is 0. The van der Waals surface area contributed by atoms with Gasteiger partial charge in [0.05, 0.1) is 18.8 Å². The Balaban J connectivity index is 1.45. The van der Waals surface area contributed by atoms with Crippen molar-refractivity contribution in [3.05, 3.63) is 36.4 Å². The van der Waals surface area contributed by atoms with Crippen LogP contribution in [0.4, 0.5) is 0 Å². The third kappa shape index (κ3) is 2.24. The molecule has 0 amide bonds. The summed E-state index contributed by atoms with van der Waals surface area (Å²) in [5.74, 6) is 0. The lowest BCUT2D eigenvalue weighted by Crippen LogP contribution is -2.48. The molecular weight excluding hydrogens is 214 g/mol. The van der Waals surface area contributed by atoms with Gasteiger partial charge in [-0.05, 0) is 18.6 Å². The molecule has 1 saturated heterocycles. The third-order valence-corrected chi connectivity index (χ3v) is 3.25. The van der Waals surface area contributed by atoms with Gasteiger partial charge in [0.1, 0.15) is 0 Å². The molecule has 90 valence electrons. The van der Waals surface area contributed by atoms with Gasteiger partial charge in [0.25, 0.3) is 0 Å². The minimum atomic E-state index is 0.557. The number of aromatic nitrogens is 4. The monoisotopic (exact) mass is 231 g/mol. The predicted octanol–water partition coefficient (Wildman–Crippen LogP) is 0.945. The van der Waals surface area contributed by atoms with Crippen LogP contribution in [0.5, 0.6) is 0 Å². The van der Waals surface area contributed by atoms with Crippen LogP contribution in [-0.2, 0) is 6.54 Å². The highest BCUT2D eigenvalue weighted by Crippen LogP contribution is 2.20. The summed E-state index contributed by atoms with van der Waals surface area (Å²) in [6, 6.07) is 2.52. The number of nitrogens with zero attached hydrogens (tertiary/aromatic N) is 5. The van der Waals surface area contributed by atoms with E-state index >= 15 is 0 Å². The molecule has 1 aliphatic rings. The first-order chi connectivity index (χ1) is 8.31. The summed E-state index contributed by atoms with van der Waals surface area (Å²) < 4.78 is 4.06. The van der Waals surface area contributed by atoms with E-state index < -0.39 is 0 Å². The highest BCUT2D eigenvalue weighted by molar-refractivity contribution is 5.02. The molecule has 5 heteroatoms. The standard InChI is InChI=1S/C12H17N5/c1-11-7-14-17(8-11)12-9-15(10-12)5-6-16-4-2-3-13-16/h2-4,7-8,12H,5-6,9-10H2,1H3. The topological polar surface area (TPSA) is 38.9 Å². The molecule has 0 spiro atoms. The van der Waals surface area contributed by atoms with Crippen molar-refractivity contribution in [3.8, 4) is 0 Å². The molecule has 3 rings (SSSR count). The number of hydrogen-bond acceptors (Lipinski definition) is 3. The molecule has 0 aliphatic carbocycles. The fourth-order valence-corrected chi connectivity index (χ4v) is 2.20. The van der Waals surface area contributed by atoms with Crippen LogP contribution in [0.15, 0.2) is 30.9 Å². The molecule has 1 aliphatic heterocycles. The molecule has 0 bridgehead atoms. The third-order valence-electron chi connectivity index (χ3n) is 3.25. The van der Waals surface area contributed by atoms with Crippen LogP contribution in [0.25, 0.3) is 0 Å². The first kappa shape index (κ1) is 10.5. The average molecular weight is 231 g/mol. The summed E-state index contributed by atoms with van der Waals surface area (Å²) in [7, 11) is 0. The molecule has 0 aromatic carbocycles. The van der Waals surface area contributed by atoms with E-state index in [0.717, 1.165) is 26.2 Å². The second-order valence-corrected chi connectivity index (χ2v) is 4.68. The van der Waals surface area contributed by atoms with E-state index in [2.05, 4.69) is 32.9 Å². The summed E-state index contributed by atoms with van der Waals surface area (Å²) in [5.41, 5.74) is 1.24. The second-order valence-electron chi connectivity index (χ2n) is 4.68. The summed E-state index contributed by atoms with van der Waals surface area (Å²) in [5, 5.41) is 8.55. The van der Waals surface area contributed by atoms with E-state index in [1.54, 1.807) is 0 Å². The van der Waals surface area contributed by atoms with Crippen LogP contribution in [0.3, 0.4) is 0 Å². The van der Waals surface area contributed by atoms with Crippen molar-refractivity contribution in [2.75, 3.05) is 19.6 Å². The summed E-state index contributed by atoms with van der Waals surface area (Å²) in [6.07, 6.45) is 7.88. The van der Waals surface area contributed by atoms with Crippen molar-refractivity contribution in [1.82, 2.24) is 24.5 Å². The number of aryl methyl sites for hydroxylation is 1. The first-order valence-electron chi connectivity index (χ1n) is 6.02. The Kier molecular flexibility index (Phi) is 2.68. The normalized spacial score (nSPS) is 17.2. The van der Waals surface area contributed by atoms with Crippen molar-refractivity contribution in [2.24, 2.45) is 0 Å². The lowest BCUT2D eigenvalue weighted by Gasteiger charge is -2.39. The van der Waals surface area contributed by atoms with Gasteiger partial charge in [-0.25, -0.2) is 0 Å². The maximum Gasteiger partial charge on any atom is 0.0772 e. The summed E-state index contributed by atoms with van der Waals surface area (Å²) >= 11 is 0. The Morgan fingerprint density at radius 3 is 2.82 bits per heavy atom. The number of rotatable bonds is 4. The Labute approximate surface area is 101 Å². The fourth-order valence-electron chi connectivity index (χ4n) is 2.20. The molecule has 0 unspecified atom stereocenters. The molecule has 5 nitrogen and oxygen atoms in total. The van der Waals surface area contributed by atoms with Crippen molar-refractivity contribution >= 4 is 0 Å². The van der Waals surface area contributed by atoms with Gasteiger partial charge in [0, 0.05) is 38.2 Å². The van der Waals surface area contributed by atoms with Gasteiger partial charge in [-0.15, -0.1) is 0 Å². The highest BCUT2D eigenvalue weighted by atomic mass is 15.4. The number of likely N-dealkylation sites (tertiary alicyclic amines) is 1. The van der Waals surface area contributed by atoms with E-state index in [9.17, 15) is 0 Å². The van der Waals surface area contributed by atoms with Crippen molar-refractivity contribution < 1.29 is 0 Å². The molecule has 0 atom stereocenters. The minimum Gasteiger partial charge on any atom is -0.297 e. The van der Waals surface area contributed by atoms with E-state index in [1.807, 2.05) is 29.3 Å². The molecule has 0 saturated carbocycles. The van der Waals surface area contributed by atoms with Gasteiger partial charge in [-0.1, -0.05) is 0 Å². The molecule has 3 heterocycles. The maximum atomic E-state index is 4.35. The second kappa shape index (κ2) is 4.33. The molecule has 2 aromatic rings. The van der Waals surface area contributed by atoms with Crippen LogP contribution in [-0.4, -0.2) is 44.1 Å². The Bertz CT molecular complexity index is 467. The van der Waals surface area contributed by atoms with Crippen molar-refractivity contribution in [3.63, 3.8) is 0 Å². The van der Waals surface area contributed by atoms with Crippen molar-refractivity contribution in [1.29, 1.82) is 0 Å². The Morgan fingerprint density at radius 2 is 2.18 bits per heavy atom. The molecule has 1 fully saturated rings. The zero-order valence-corrected chi connectivity index (χ0v) is 10.0. The lowest BCUT2D eigenvalue weighted by atomic mass is 10.1.